The summed E-state index contributed by atoms with van der Waals surface area (Å²) in [5, 5.41) is 12.4. The first kappa shape index (κ1) is 12.6. The normalized spacial score (nSPS) is 22.4. The first-order valence-corrected chi connectivity index (χ1v) is 9.22. The number of ether oxygens (including phenoxy) is 2. The number of benzene rings is 1. The maximum absolute atomic E-state index is 8.51. The molecule has 1 aromatic carbocycles. The number of hydrogen-bond acceptors (Lipinski definition) is 7. The van der Waals surface area contributed by atoms with Crippen LogP contribution < -0.4 is 14.4 Å². The Balaban J connectivity index is 1.49. The molecule has 4 rings (SSSR count). The van der Waals surface area contributed by atoms with Crippen molar-refractivity contribution < 1.29 is 22.2 Å². The van der Waals surface area contributed by atoms with Gasteiger partial charge in [-0.25, -0.2) is 0 Å². The van der Waals surface area contributed by atoms with Gasteiger partial charge in [-0.05, 0) is 68.4 Å². The molecule has 7 nitrogen and oxygen atoms in total. The molecule has 0 spiro atoms. The molecule has 0 amide bonds. The van der Waals surface area contributed by atoms with Crippen LogP contribution in [-0.2, 0) is 0 Å². The van der Waals surface area contributed by atoms with Crippen molar-refractivity contribution in [3.63, 3.8) is 0 Å². The van der Waals surface area contributed by atoms with E-state index in [1.54, 1.807) is 25.1 Å². The predicted molar refractivity (Wildman–Crippen MR) is 107 cm³/mol. The monoisotopic (exact) mass is 388 g/mol. The lowest BCUT2D eigenvalue weighted by atomic mass is 9.94. The van der Waals surface area contributed by atoms with Gasteiger partial charge in [-0.2, -0.15) is 5.10 Å². The van der Waals surface area contributed by atoms with E-state index in [9.17, 15) is 0 Å². The molecule has 7 heteroatoms. The molecule has 1 aliphatic heterocycles. The van der Waals surface area contributed by atoms with E-state index in [1.807, 2.05) is 6.92 Å². The summed E-state index contributed by atoms with van der Waals surface area (Å²) in [4.78, 5) is 0.993. The Morgan fingerprint density at radius 1 is 1.21 bits per heavy atom. The highest BCUT2D eigenvalue weighted by atomic mass is 16.5. The third kappa shape index (κ3) is 4.18. The third-order valence-corrected chi connectivity index (χ3v) is 4.34. The molecular formula is C21H26N4O3. The van der Waals surface area contributed by atoms with Gasteiger partial charge in [0.2, 0.25) is 0 Å². The topological polar surface area (TPSA) is 73.5 Å². The average Bonchev–Trinajstić information content (AvgIpc) is 3.09. The van der Waals surface area contributed by atoms with Crippen molar-refractivity contribution in [1.29, 1.82) is 0 Å². The second-order valence-electron chi connectivity index (χ2n) is 6.49. The first-order valence-electron chi connectivity index (χ1n) is 12.2. The molecule has 2 aromatic heterocycles. The summed E-state index contributed by atoms with van der Waals surface area (Å²) in [7, 11) is 0. The van der Waals surface area contributed by atoms with Crippen LogP contribution in [0.3, 0.4) is 0 Å². The van der Waals surface area contributed by atoms with Gasteiger partial charge in [0.05, 0.1) is 27.0 Å². The quantitative estimate of drug-likeness (QED) is 0.605. The number of aryl methyl sites for hydroxylation is 1. The van der Waals surface area contributed by atoms with E-state index in [2.05, 4.69) is 15.4 Å². The molecule has 3 heterocycles. The highest BCUT2D eigenvalue weighted by molar-refractivity contribution is 5.83. The number of anilines is 1. The van der Waals surface area contributed by atoms with Gasteiger partial charge in [0, 0.05) is 24.5 Å². The van der Waals surface area contributed by atoms with E-state index in [0.717, 1.165) is 4.90 Å². The van der Waals surface area contributed by atoms with Gasteiger partial charge in [-0.3, -0.25) is 0 Å². The molecule has 0 atom stereocenters. The fraction of sp³-hybridized carbons (Fsp3) is 0.476. The van der Waals surface area contributed by atoms with Crippen LogP contribution in [0.4, 0.5) is 5.82 Å². The van der Waals surface area contributed by atoms with Crippen LogP contribution in [0.25, 0.3) is 11.0 Å². The molecule has 148 valence electrons. The standard InChI is InChI=1S/C21H26N4O3/c1-3-26-21-18-6-5-17(14-19(18)28-24-21)27-13-10-16-8-11-25(12-9-16)20-7-4-15(2)22-23-20/h4-7,14,16H,3,8-13H2,1-2H3/i11D2,12D2,13D2. The zero-order valence-electron chi connectivity index (χ0n) is 21.8. The van der Waals surface area contributed by atoms with Crippen LogP contribution in [-0.4, -0.2) is 41.5 Å². The third-order valence-electron chi connectivity index (χ3n) is 4.34. The second kappa shape index (κ2) is 8.46. The summed E-state index contributed by atoms with van der Waals surface area (Å²) in [6.07, 6.45) is -0.383. The predicted octanol–water partition coefficient (Wildman–Crippen LogP) is 4.01. The van der Waals surface area contributed by atoms with Gasteiger partial charge in [0.1, 0.15) is 5.75 Å². The molecule has 0 aliphatic carbocycles. The lowest BCUT2D eigenvalue weighted by Crippen LogP contribution is -2.34. The van der Waals surface area contributed by atoms with Crippen LogP contribution in [0.2, 0.25) is 0 Å². The van der Waals surface area contributed by atoms with Crippen molar-refractivity contribution >= 4 is 16.8 Å². The van der Waals surface area contributed by atoms with Gasteiger partial charge < -0.3 is 18.9 Å². The van der Waals surface area contributed by atoms with Crippen molar-refractivity contribution in [2.45, 2.75) is 33.1 Å². The summed E-state index contributed by atoms with van der Waals surface area (Å²) in [6.45, 7) is -2.36. The molecule has 0 N–H and O–H groups in total. The van der Waals surface area contributed by atoms with Crippen LogP contribution in [0.5, 0.6) is 11.6 Å². The van der Waals surface area contributed by atoms with E-state index < -0.39 is 25.5 Å². The molecule has 0 unspecified atom stereocenters. The zero-order valence-corrected chi connectivity index (χ0v) is 15.8. The Hall–Kier alpha value is -2.83. The largest absolute Gasteiger partial charge is 0.493 e. The van der Waals surface area contributed by atoms with Gasteiger partial charge in [0.25, 0.3) is 5.88 Å². The Labute approximate surface area is 173 Å². The number of piperidine rings is 1. The fourth-order valence-electron chi connectivity index (χ4n) is 2.83. The Kier molecular flexibility index (Phi) is 3.80. The lowest BCUT2D eigenvalue weighted by Gasteiger charge is -2.32. The van der Waals surface area contributed by atoms with Crippen LogP contribution in [0, 0.1) is 12.8 Å². The van der Waals surface area contributed by atoms with Crippen molar-refractivity contribution in [1.82, 2.24) is 15.4 Å². The summed E-state index contributed by atoms with van der Waals surface area (Å²) in [6, 6.07) is 7.95. The minimum atomic E-state index is -2.17. The van der Waals surface area contributed by atoms with Crippen molar-refractivity contribution in [2.75, 3.05) is 31.1 Å². The zero-order chi connectivity index (χ0) is 24.7. The van der Waals surface area contributed by atoms with Crippen LogP contribution >= 0.6 is 0 Å². The fourth-order valence-corrected chi connectivity index (χ4v) is 2.83. The van der Waals surface area contributed by atoms with Crippen LogP contribution in [0.1, 0.15) is 40.1 Å². The van der Waals surface area contributed by atoms with E-state index in [1.165, 1.54) is 12.1 Å². The summed E-state index contributed by atoms with van der Waals surface area (Å²) in [5.74, 6) is 0.0509. The molecule has 0 radical (unpaired) electrons. The summed E-state index contributed by atoms with van der Waals surface area (Å²) in [5.41, 5.74) is 1.03. The summed E-state index contributed by atoms with van der Waals surface area (Å²) < 4.78 is 66.9. The van der Waals surface area contributed by atoms with E-state index in [0.29, 0.717) is 29.2 Å². The van der Waals surface area contributed by atoms with Gasteiger partial charge >= 0.3 is 0 Å². The number of aromatic nitrogens is 3. The SMILES string of the molecule is [2H]C([2H])(CC1CC([2H])([2H])N(c2ccc(C)nn2)C([2H])([2H])C1)Oc1ccc2c(OCC)noc2c1. The van der Waals surface area contributed by atoms with Gasteiger partial charge in [-0.1, -0.05) is 0 Å². The lowest BCUT2D eigenvalue weighted by molar-refractivity contribution is 0.258. The molecule has 1 aliphatic rings. The first-order chi connectivity index (χ1) is 15.9. The summed E-state index contributed by atoms with van der Waals surface area (Å²) >= 11 is 0. The number of nitrogens with zero attached hydrogens (tertiary/aromatic N) is 4. The number of fused-ring (bicyclic) bond motifs is 1. The Bertz CT molecular complexity index is 1140. The van der Waals surface area contributed by atoms with Crippen molar-refractivity contribution in [3.8, 4) is 11.6 Å². The molecule has 28 heavy (non-hydrogen) atoms. The minimum absolute atomic E-state index is 0.0935. The number of hydrogen-bond donors (Lipinski definition) is 0. The van der Waals surface area contributed by atoms with Crippen molar-refractivity contribution in [2.24, 2.45) is 5.92 Å². The van der Waals surface area contributed by atoms with E-state index in [-0.39, 0.29) is 30.8 Å². The highest BCUT2D eigenvalue weighted by Crippen LogP contribution is 2.29. The van der Waals surface area contributed by atoms with Crippen molar-refractivity contribution in [3.05, 3.63) is 36.0 Å². The van der Waals surface area contributed by atoms with Crippen LogP contribution in [0.15, 0.2) is 34.9 Å². The molecule has 0 bridgehead atoms. The second-order valence-corrected chi connectivity index (χ2v) is 6.49. The van der Waals surface area contributed by atoms with E-state index >= 15 is 0 Å². The van der Waals surface area contributed by atoms with Gasteiger partial charge in [0.15, 0.2) is 11.4 Å². The Morgan fingerprint density at radius 3 is 2.82 bits per heavy atom. The maximum Gasteiger partial charge on any atom is 0.262 e. The smallest absolute Gasteiger partial charge is 0.262 e. The van der Waals surface area contributed by atoms with E-state index in [4.69, 9.17) is 22.2 Å². The molecular weight excluding hydrogens is 356 g/mol. The maximum atomic E-state index is 8.51. The molecule has 1 fully saturated rings. The molecule has 3 aromatic rings. The Morgan fingerprint density at radius 2 is 2.07 bits per heavy atom. The number of rotatable bonds is 7. The minimum Gasteiger partial charge on any atom is -0.493 e. The molecule has 1 saturated heterocycles. The highest BCUT2D eigenvalue weighted by Gasteiger charge is 2.20. The van der Waals surface area contributed by atoms with Gasteiger partial charge in [-0.15, -0.1) is 5.10 Å². The molecule has 0 saturated carbocycles. The average molecular weight is 389 g/mol.